The third kappa shape index (κ3) is 8.47. The maximum Gasteiger partial charge on any atom is 0.243 e. The van der Waals surface area contributed by atoms with Gasteiger partial charge in [0.1, 0.15) is 6.04 Å². The van der Waals surface area contributed by atoms with Crippen LogP contribution in [0.1, 0.15) is 54.4 Å². The molecule has 1 aliphatic rings. The first kappa shape index (κ1) is 28.4. The largest absolute Gasteiger partial charge is 0.352 e. The van der Waals surface area contributed by atoms with Crippen molar-refractivity contribution in [2.24, 2.45) is 0 Å². The highest BCUT2D eigenvalue weighted by Crippen LogP contribution is 2.22. The lowest BCUT2D eigenvalue weighted by molar-refractivity contribution is -0.139. The van der Waals surface area contributed by atoms with E-state index in [0.29, 0.717) is 18.7 Å². The number of aryl methyl sites for hydroxylation is 1. The molecule has 3 aromatic carbocycles. The molecule has 1 atom stereocenters. The molecule has 1 unspecified atom stereocenters. The zero-order valence-electron chi connectivity index (χ0n) is 22.1. The second-order valence-electron chi connectivity index (χ2n) is 10.1. The number of benzene rings is 3. The summed E-state index contributed by atoms with van der Waals surface area (Å²) in [4.78, 5) is 29.5. The fourth-order valence-electron chi connectivity index (χ4n) is 5.03. The Kier molecular flexibility index (Phi) is 10.9. The Bertz CT molecular complexity index is 1200. The van der Waals surface area contributed by atoms with Gasteiger partial charge < -0.3 is 10.2 Å². The van der Waals surface area contributed by atoms with Crippen LogP contribution in [0.2, 0.25) is 0 Å². The van der Waals surface area contributed by atoms with Gasteiger partial charge in [0.15, 0.2) is 0 Å². The van der Waals surface area contributed by atoms with Crippen LogP contribution in [0.4, 0.5) is 0 Å². The van der Waals surface area contributed by atoms with E-state index in [9.17, 15) is 9.59 Å². The summed E-state index contributed by atoms with van der Waals surface area (Å²) in [7, 11) is 0. The summed E-state index contributed by atoms with van der Waals surface area (Å²) in [5, 5.41) is 3.31. The molecule has 0 radical (unpaired) electrons. The highest BCUT2D eigenvalue weighted by Gasteiger charge is 2.31. The van der Waals surface area contributed by atoms with Crippen molar-refractivity contribution >= 4 is 39.5 Å². The Labute approximate surface area is 239 Å². The molecule has 1 N–H and O–H groups in total. The van der Waals surface area contributed by atoms with Crippen molar-refractivity contribution in [2.75, 3.05) is 5.75 Å². The molecular formula is C32H37BrN2O2S. The van der Waals surface area contributed by atoms with Crippen LogP contribution in [0.15, 0.2) is 83.3 Å². The van der Waals surface area contributed by atoms with E-state index in [0.717, 1.165) is 47.0 Å². The van der Waals surface area contributed by atoms with E-state index in [-0.39, 0.29) is 17.9 Å². The summed E-state index contributed by atoms with van der Waals surface area (Å²) in [6, 6.07) is 25.9. The molecule has 1 saturated carbocycles. The second kappa shape index (κ2) is 14.5. The van der Waals surface area contributed by atoms with Crippen LogP contribution < -0.4 is 5.32 Å². The molecule has 2 amide bonds. The molecule has 3 aromatic rings. The summed E-state index contributed by atoms with van der Waals surface area (Å²) in [6.07, 6.45) is 6.02. The Morgan fingerprint density at radius 3 is 2.39 bits per heavy atom. The number of amides is 2. The van der Waals surface area contributed by atoms with Crippen LogP contribution >= 0.6 is 27.7 Å². The van der Waals surface area contributed by atoms with Crippen molar-refractivity contribution in [3.8, 4) is 0 Å². The predicted molar refractivity (Wildman–Crippen MR) is 161 cm³/mol. The number of hydrogen-bond donors (Lipinski definition) is 1. The lowest BCUT2D eigenvalue weighted by Gasteiger charge is -2.33. The van der Waals surface area contributed by atoms with Gasteiger partial charge in [0.2, 0.25) is 11.8 Å². The molecule has 1 aliphatic carbocycles. The minimum absolute atomic E-state index is 0.0108. The molecule has 0 aromatic heterocycles. The lowest BCUT2D eigenvalue weighted by Crippen LogP contribution is -2.53. The van der Waals surface area contributed by atoms with Gasteiger partial charge in [0, 0.05) is 29.2 Å². The molecule has 200 valence electrons. The molecule has 0 spiro atoms. The molecule has 0 saturated heterocycles. The molecule has 0 aliphatic heterocycles. The van der Waals surface area contributed by atoms with Gasteiger partial charge in [-0.05, 0) is 54.2 Å². The van der Waals surface area contributed by atoms with Gasteiger partial charge in [-0.2, -0.15) is 0 Å². The minimum Gasteiger partial charge on any atom is -0.352 e. The average molecular weight is 594 g/mol. The second-order valence-corrected chi connectivity index (χ2v) is 12.0. The van der Waals surface area contributed by atoms with Gasteiger partial charge in [0.05, 0.1) is 5.75 Å². The summed E-state index contributed by atoms with van der Waals surface area (Å²) in [6.45, 7) is 2.49. The zero-order valence-corrected chi connectivity index (χ0v) is 24.5. The molecule has 4 nitrogen and oxygen atoms in total. The SMILES string of the molecule is Cc1ccccc1CSCC(=O)N(Cc1cccc(Br)c1)C(Cc1ccccc1)C(=O)NC1CCCCC1. The van der Waals surface area contributed by atoms with Crippen molar-refractivity contribution in [2.45, 2.75) is 69.8 Å². The van der Waals surface area contributed by atoms with Crippen LogP contribution in [-0.2, 0) is 28.3 Å². The van der Waals surface area contributed by atoms with Crippen LogP contribution in [0.3, 0.4) is 0 Å². The summed E-state index contributed by atoms with van der Waals surface area (Å²) in [5.74, 6) is 1.03. The molecule has 0 bridgehead atoms. The third-order valence-electron chi connectivity index (χ3n) is 7.21. The molecular weight excluding hydrogens is 556 g/mol. The van der Waals surface area contributed by atoms with Gasteiger partial charge in [0.25, 0.3) is 0 Å². The molecule has 38 heavy (non-hydrogen) atoms. The standard InChI is InChI=1S/C32H37BrN2O2S/c1-24-11-8-9-15-27(24)22-38-23-31(36)35(21-26-14-10-16-28(33)19-26)30(20-25-12-4-2-5-13-25)32(37)34-29-17-6-3-7-18-29/h2,4-5,8-16,19,29-30H,3,6-7,17-18,20-23H2,1H3,(H,34,37). The Hall–Kier alpha value is -2.57. The monoisotopic (exact) mass is 592 g/mol. The molecule has 4 rings (SSSR count). The third-order valence-corrected chi connectivity index (χ3v) is 8.67. The highest BCUT2D eigenvalue weighted by molar-refractivity contribution is 9.10. The Balaban J connectivity index is 1.57. The Morgan fingerprint density at radius 2 is 1.66 bits per heavy atom. The molecule has 6 heteroatoms. The maximum absolute atomic E-state index is 13.8. The van der Waals surface area contributed by atoms with Gasteiger partial charge >= 0.3 is 0 Å². The van der Waals surface area contributed by atoms with Gasteiger partial charge in [-0.3, -0.25) is 9.59 Å². The van der Waals surface area contributed by atoms with Crippen molar-refractivity contribution in [1.82, 2.24) is 10.2 Å². The topological polar surface area (TPSA) is 49.4 Å². The first-order valence-electron chi connectivity index (χ1n) is 13.5. The quantitative estimate of drug-likeness (QED) is 0.259. The van der Waals surface area contributed by atoms with Crippen LogP contribution in [0, 0.1) is 6.92 Å². The van der Waals surface area contributed by atoms with E-state index >= 15 is 0 Å². The van der Waals surface area contributed by atoms with Crippen LogP contribution in [0.25, 0.3) is 0 Å². The molecule has 0 heterocycles. The Morgan fingerprint density at radius 1 is 0.947 bits per heavy atom. The predicted octanol–water partition coefficient (Wildman–Crippen LogP) is 7.08. The van der Waals surface area contributed by atoms with E-state index in [1.807, 2.05) is 66.7 Å². The number of carbonyl (C=O) groups is 2. The molecule has 1 fully saturated rings. The smallest absolute Gasteiger partial charge is 0.243 e. The zero-order chi connectivity index (χ0) is 26.7. The first-order chi connectivity index (χ1) is 18.5. The number of carbonyl (C=O) groups excluding carboxylic acids is 2. The number of nitrogens with zero attached hydrogens (tertiary/aromatic N) is 1. The van der Waals surface area contributed by atoms with Gasteiger partial charge in [-0.15, -0.1) is 11.8 Å². The minimum atomic E-state index is -0.579. The summed E-state index contributed by atoms with van der Waals surface area (Å²) in [5.41, 5.74) is 4.52. The summed E-state index contributed by atoms with van der Waals surface area (Å²) >= 11 is 5.17. The fourth-order valence-corrected chi connectivity index (χ4v) is 6.47. The van der Waals surface area contributed by atoms with Gasteiger partial charge in [-0.1, -0.05) is 102 Å². The number of halogens is 1. The first-order valence-corrected chi connectivity index (χ1v) is 15.4. The van der Waals surface area contributed by atoms with Crippen molar-refractivity contribution in [3.05, 3.63) is 106 Å². The van der Waals surface area contributed by atoms with Crippen LogP contribution in [0.5, 0.6) is 0 Å². The van der Waals surface area contributed by atoms with E-state index in [1.165, 1.54) is 17.5 Å². The normalized spacial score (nSPS) is 14.6. The number of nitrogens with one attached hydrogen (secondary N) is 1. The highest BCUT2D eigenvalue weighted by atomic mass is 79.9. The fraction of sp³-hybridized carbons (Fsp3) is 0.375. The van der Waals surface area contributed by atoms with Crippen molar-refractivity contribution in [3.63, 3.8) is 0 Å². The van der Waals surface area contributed by atoms with E-state index in [4.69, 9.17) is 0 Å². The summed E-state index contributed by atoms with van der Waals surface area (Å²) < 4.78 is 0.961. The van der Waals surface area contributed by atoms with E-state index in [2.05, 4.69) is 40.3 Å². The maximum atomic E-state index is 13.8. The number of thioether (sulfide) groups is 1. The van der Waals surface area contributed by atoms with Crippen LogP contribution in [-0.4, -0.2) is 34.6 Å². The van der Waals surface area contributed by atoms with E-state index < -0.39 is 6.04 Å². The van der Waals surface area contributed by atoms with Crippen molar-refractivity contribution in [1.29, 1.82) is 0 Å². The van der Waals surface area contributed by atoms with Crippen molar-refractivity contribution < 1.29 is 9.59 Å². The van der Waals surface area contributed by atoms with Gasteiger partial charge in [-0.25, -0.2) is 0 Å². The van der Waals surface area contributed by atoms with E-state index in [1.54, 1.807) is 16.7 Å². The lowest BCUT2D eigenvalue weighted by atomic mass is 9.94. The number of rotatable bonds is 11. The average Bonchev–Trinajstić information content (AvgIpc) is 2.93. The number of hydrogen-bond acceptors (Lipinski definition) is 3.